The number of halogens is 2. The second-order valence-corrected chi connectivity index (χ2v) is 21.7. The van der Waals surface area contributed by atoms with Gasteiger partial charge in [-0.2, -0.15) is 35.9 Å². The third-order valence-electron chi connectivity index (χ3n) is 6.49. The third-order valence-corrected chi connectivity index (χ3v) is 15.8. The smallest absolute Gasteiger partial charge is 0.0129 e. The molecular weight excluding hydrogens is 662 g/mol. The maximum absolute atomic E-state index is 3.69. The maximum Gasteiger partial charge on any atom is -0.0129 e. The van der Waals surface area contributed by atoms with Crippen molar-refractivity contribution in [3.63, 3.8) is 0 Å². The van der Waals surface area contributed by atoms with Crippen molar-refractivity contribution in [3.8, 4) is 11.1 Å². The second kappa shape index (κ2) is 15.1. The molecule has 3 aromatic rings. The minimum absolute atomic E-state index is 0. The van der Waals surface area contributed by atoms with Crippen LogP contribution in [-0.4, -0.2) is 5.49 Å². The molecule has 0 saturated heterocycles. The molecule has 0 unspecified atom stereocenters. The van der Waals surface area contributed by atoms with Crippen LogP contribution in [-0.2, 0) is 40.3 Å². The molecule has 0 radical (unpaired) electrons. The van der Waals surface area contributed by atoms with Crippen LogP contribution in [0.4, 0.5) is 0 Å². The molecule has 196 valence electrons. The second-order valence-electron chi connectivity index (χ2n) is 11.5. The summed E-state index contributed by atoms with van der Waals surface area (Å²) < 4.78 is 0. The van der Waals surface area contributed by atoms with Crippen LogP contribution in [0, 0.1) is 19.9 Å². The number of benzene rings is 2. The molecule has 0 atom stereocenters. The van der Waals surface area contributed by atoms with E-state index in [1.165, 1.54) is 79.6 Å². The number of hydrogen-bond acceptors (Lipinski definition) is 0. The first kappa shape index (κ1) is 35.5. The van der Waals surface area contributed by atoms with Gasteiger partial charge in [-0.1, -0.05) is 71.6 Å². The van der Waals surface area contributed by atoms with Crippen LogP contribution in [0.25, 0.3) is 11.1 Å². The number of fused-ring (bicyclic) bond motifs is 3. The van der Waals surface area contributed by atoms with Gasteiger partial charge in [-0.15, -0.1) is 16.7 Å². The first-order valence-electron chi connectivity index (χ1n) is 12.7. The summed E-state index contributed by atoms with van der Waals surface area (Å²) in [6.07, 6.45) is 1.03. The Morgan fingerprint density at radius 1 is 0.833 bits per heavy atom. The van der Waals surface area contributed by atoms with E-state index in [0.717, 1.165) is 6.42 Å². The van der Waals surface area contributed by atoms with E-state index in [4.69, 9.17) is 0 Å². The minimum atomic E-state index is 0. The Bertz CT molecular complexity index is 1010. The molecule has 3 aromatic carbocycles. The summed E-state index contributed by atoms with van der Waals surface area (Å²) in [6.45, 7) is 22.9. The van der Waals surface area contributed by atoms with Gasteiger partial charge in [0.1, 0.15) is 0 Å². The quantitative estimate of drug-likeness (QED) is 0.222. The molecule has 0 aromatic heterocycles. The fourth-order valence-electron chi connectivity index (χ4n) is 4.59. The van der Waals surface area contributed by atoms with E-state index >= 15 is 0 Å². The fraction of sp³-hybridized carbons (Fsp3) is 0.469. The summed E-state index contributed by atoms with van der Waals surface area (Å²) in [5.74, 6) is 0. The summed E-state index contributed by atoms with van der Waals surface area (Å²) in [5, 5.41) is 0. The Kier molecular flexibility index (Phi) is 14.9. The Labute approximate surface area is 249 Å². The van der Waals surface area contributed by atoms with Gasteiger partial charge in [-0.3, -0.25) is 0 Å². The average Bonchev–Trinajstić information content (AvgIpc) is 3.42. The molecule has 0 aliphatic heterocycles. The van der Waals surface area contributed by atoms with Gasteiger partial charge in [0, 0.05) is 0 Å². The van der Waals surface area contributed by atoms with Crippen molar-refractivity contribution in [1.29, 1.82) is 0 Å². The SMILES string of the molecule is CC[Si](=[Hf+2])CC.Cc1[c-]c2c(cc1C(C)(C)C)-c1cc(C(C)(C)C)c(C)cc1C2.[Cl-].[Cl-].c1cc[cH-]c1. The number of rotatable bonds is 2. The summed E-state index contributed by atoms with van der Waals surface area (Å²) in [6, 6.07) is 23.9. The molecule has 0 saturated carbocycles. The molecule has 0 N–H and O–H groups in total. The Morgan fingerprint density at radius 2 is 1.33 bits per heavy atom. The molecule has 1 aliphatic rings. The number of aryl methyl sites for hydroxylation is 2. The van der Waals surface area contributed by atoms with Gasteiger partial charge in [0.25, 0.3) is 0 Å². The van der Waals surface area contributed by atoms with E-state index in [0.29, 0.717) is 0 Å². The molecule has 0 heterocycles. The van der Waals surface area contributed by atoms with Crippen LogP contribution < -0.4 is 24.8 Å². The van der Waals surface area contributed by atoms with E-state index in [1.807, 2.05) is 30.3 Å². The van der Waals surface area contributed by atoms with Gasteiger partial charge in [-0.05, 0) is 35.4 Å². The standard InChI is InChI=1S/C23H29.C5H5.C4H10Si.2ClH.Hf/c1-14-9-16-11-17-10-15(2)21(23(6,7)8)13-19(17)18(16)12-20(14)22(3,4)5;1-2-4-5-3-1;1-3-5-4-2;;;/h9,12-13H,11H2,1-8H3;1-5H;3-4H2,1-2H3;2*1H;/q2*-1;;;;+2/p-2. The van der Waals surface area contributed by atoms with Crippen LogP contribution >= 0.6 is 0 Å². The zero-order chi connectivity index (χ0) is 25.7. The zero-order valence-corrected chi connectivity index (χ0v) is 30.1. The zero-order valence-electron chi connectivity index (χ0n) is 24.0. The first-order valence-corrected chi connectivity index (χ1v) is 20.0. The molecule has 0 spiro atoms. The molecule has 4 rings (SSSR count). The topological polar surface area (TPSA) is 0 Å². The van der Waals surface area contributed by atoms with Crippen molar-refractivity contribution in [2.75, 3.05) is 0 Å². The van der Waals surface area contributed by atoms with Crippen molar-refractivity contribution in [2.45, 2.75) is 98.6 Å². The normalized spacial score (nSPS) is 11.4. The minimum Gasteiger partial charge on any atom is -1.00 e. The monoisotopic (exact) mass is 706 g/mol. The van der Waals surface area contributed by atoms with E-state index in [-0.39, 0.29) is 41.1 Å². The van der Waals surface area contributed by atoms with Gasteiger partial charge in [-0.25, -0.2) is 12.1 Å². The van der Waals surface area contributed by atoms with E-state index in [1.54, 1.807) is 0 Å². The first-order chi connectivity index (χ1) is 15.8. The van der Waals surface area contributed by atoms with Gasteiger partial charge in [0.2, 0.25) is 0 Å². The Hall–Kier alpha value is -0.543. The summed E-state index contributed by atoms with van der Waals surface area (Å²) in [4.78, 5) is 0. The Morgan fingerprint density at radius 3 is 1.72 bits per heavy atom. The van der Waals surface area contributed by atoms with E-state index in [9.17, 15) is 0 Å². The van der Waals surface area contributed by atoms with Crippen LogP contribution in [0.15, 0.2) is 48.5 Å². The molecule has 0 fully saturated rings. The predicted octanol–water partition coefficient (Wildman–Crippen LogP) is 3.25. The van der Waals surface area contributed by atoms with Gasteiger partial charge in [0.05, 0.1) is 0 Å². The molecule has 0 amide bonds. The summed E-state index contributed by atoms with van der Waals surface area (Å²) in [7, 11) is 0. The predicted molar refractivity (Wildman–Crippen MR) is 149 cm³/mol. The summed E-state index contributed by atoms with van der Waals surface area (Å²) >= 11 is 1.49. The van der Waals surface area contributed by atoms with Gasteiger partial charge >= 0.3 is 54.4 Å². The number of hydrogen-bond donors (Lipinski definition) is 0. The summed E-state index contributed by atoms with van der Waals surface area (Å²) in [5.41, 5.74) is 11.9. The van der Waals surface area contributed by atoms with Crippen LogP contribution in [0.2, 0.25) is 12.1 Å². The maximum atomic E-state index is 3.69. The van der Waals surface area contributed by atoms with Crippen LogP contribution in [0.3, 0.4) is 0 Å². The molecular formula is C32H44Cl2HfSi-2. The van der Waals surface area contributed by atoms with Crippen molar-refractivity contribution >= 4 is 5.49 Å². The van der Waals surface area contributed by atoms with Crippen molar-refractivity contribution in [3.05, 3.63) is 88.0 Å². The van der Waals surface area contributed by atoms with E-state index < -0.39 is 0 Å². The third kappa shape index (κ3) is 9.64. The van der Waals surface area contributed by atoms with Gasteiger partial charge < -0.3 is 24.8 Å². The van der Waals surface area contributed by atoms with Crippen molar-refractivity contribution in [2.24, 2.45) is 0 Å². The van der Waals surface area contributed by atoms with Crippen molar-refractivity contribution < 1.29 is 47.8 Å². The van der Waals surface area contributed by atoms with Crippen LogP contribution in [0.1, 0.15) is 88.8 Å². The average molecular weight is 706 g/mol. The fourth-order valence-corrected chi connectivity index (χ4v) is 5.09. The van der Waals surface area contributed by atoms with Gasteiger partial charge in [0.15, 0.2) is 0 Å². The Balaban J connectivity index is 0.000000788. The molecule has 36 heavy (non-hydrogen) atoms. The molecule has 4 heteroatoms. The van der Waals surface area contributed by atoms with Crippen LogP contribution in [0.5, 0.6) is 0 Å². The molecule has 0 bridgehead atoms. The molecule has 0 nitrogen and oxygen atoms in total. The largest absolute Gasteiger partial charge is 1.00 e. The van der Waals surface area contributed by atoms with Crippen molar-refractivity contribution in [1.82, 2.24) is 0 Å². The molecule has 1 aliphatic carbocycles. The van der Waals surface area contributed by atoms with E-state index in [2.05, 4.69) is 93.5 Å².